The first-order valence-corrected chi connectivity index (χ1v) is 13.1. The first-order chi connectivity index (χ1) is 15.4. The van der Waals surface area contributed by atoms with E-state index in [0.29, 0.717) is 11.5 Å². The zero-order chi connectivity index (χ0) is 24.4. The SMILES string of the molecule is COc1ccc(S(=O)(=O)NC(C)C)cc1NC(=O)CN(c1ccc2c(c1)OCO2)S(C)(=O)=O. The average Bonchev–Trinajstić information content (AvgIpc) is 3.18. The summed E-state index contributed by atoms with van der Waals surface area (Å²) in [5.74, 6) is 0.330. The number of sulfonamides is 2. The normalized spacial score (nSPS) is 13.1. The standard InChI is InChI=1S/C20H25N3O8S2/c1-13(2)22-33(27,28)15-6-8-17(29-3)16(10-15)21-20(24)11-23(32(4,25)26)14-5-7-18-19(9-14)31-12-30-18/h5-10,13,22H,11-12H2,1-4H3,(H,21,24). The Morgan fingerprint density at radius 3 is 2.42 bits per heavy atom. The number of carbonyl (C=O) groups excluding carboxylic acids is 1. The molecule has 33 heavy (non-hydrogen) atoms. The third-order valence-electron chi connectivity index (χ3n) is 4.48. The Balaban J connectivity index is 1.87. The van der Waals surface area contributed by atoms with Gasteiger partial charge in [-0.3, -0.25) is 9.10 Å². The van der Waals surface area contributed by atoms with Crippen molar-refractivity contribution in [2.45, 2.75) is 24.8 Å². The van der Waals surface area contributed by atoms with Crippen molar-refractivity contribution in [2.75, 3.05) is 36.3 Å². The van der Waals surface area contributed by atoms with Crippen molar-refractivity contribution in [1.82, 2.24) is 4.72 Å². The molecular formula is C20H25N3O8S2. The molecule has 1 aliphatic heterocycles. The van der Waals surface area contributed by atoms with E-state index in [1.54, 1.807) is 19.9 Å². The van der Waals surface area contributed by atoms with Crippen molar-refractivity contribution < 1.29 is 35.8 Å². The second-order valence-electron chi connectivity index (χ2n) is 7.49. The molecule has 0 spiro atoms. The number of ether oxygens (including phenoxy) is 3. The van der Waals surface area contributed by atoms with Crippen LogP contribution in [-0.4, -0.2) is 55.5 Å². The van der Waals surface area contributed by atoms with Crippen LogP contribution in [0.1, 0.15) is 13.8 Å². The number of carbonyl (C=O) groups is 1. The Hall–Kier alpha value is -3.03. The predicted molar refractivity (Wildman–Crippen MR) is 122 cm³/mol. The van der Waals surface area contributed by atoms with Crippen molar-refractivity contribution >= 4 is 37.3 Å². The number of amides is 1. The highest BCUT2D eigenvalue weighted by Crippen LogP contribution is 2.36. The Morgan fingerprint density at radius 1 is 1.09 bits per heavy atom. The van der Waals surface area contributed by atoms with E-state index in [2.05, 4.69) is 10.0 Å². The summed E-state index contributed by atoms with van der Waals surface area (Å²) in [5, 5.41) is 2.53. The Morgan fingerprint density at radius 2 is 1.79 bits per heavy atom. The van der Waals surface area contributed by atoms with Crippen molar-refractivity contribution in [1.29, 1.82) is 0 Å². The molecule has 1 aliphatic rings. The third-order valence-corrected chi connectivity index (χ3v) is 7.27. The molecule has 3 rings (SSSR count). The monoisotopic (exact) mass is 499 g/mol. The summed E-state index contributed by atoms with van der Waals surface area (Å²) < 4.78 is 68.9. The maximum atomic E-state index is 12.8. The lowest BCUT2D eigenvalue weighted by Crippen LogP contribution is -2.37. The predicted octanol–water partition coefficient (Wildman–Crippen LogP) is 1.52. The smallest absolute Gasteiger partial charge is 0.245 e. The van der Waals surface area contributed by atoms with Gasteiger partial charge in [-0.1, -0.05) is 0 Å². The van der Waals surface area contributed by atoms with E-state index in [1.165, 1.54) is 37.4 Å². The molecule has 0 aromatic heterocycles. The van der Waals surface area contributed by atoms with Crippen molar-refractivity contribution in [3.05, 3.63) is 36.4 Å². The van der Waals surface area contributed by atoms with Gasteiger partial charge in [-0.05, 0) is 44.2 Å². The first-order valence-electron chi connectivity index (χ1n) is 9.78. The molecule has 2 aromatic carbocycles. The van der Waals surface area contributed by atoms with Gasteiger partial charge < -0.3 is 19.5 Å². The number of anilines is 2. The molecule has 11 nitrogen and oxygen atoms in total. The van der Waals surface area contributed by atoms with Crippen LogP contribution in [0.4, 0.5) is 11.4 Å². The van der Waals surface area contributed by atoms with E-state index in [0.717, 1.165) is 10.6 Å². The summed E-state index contributed by atoms with van der Waals surface area (Å²) in [6, 6.07) is 8.15. The van der Waals surface area contributed by atoms with E-state index in [1.807, 2.05) is 0 Å². The summed E-state index contributed by atoms with van der Waals surface area (Å²) in [5.41, 5.74) is 0.287. The average molecular weight is 500 g/mol. The summed E-state index contributed by atoms with van der Waals surface area (Å²) >= 11 is 0. The lowest BCUT2D eigenvalue weighted by Gasteiger charge is -2.22. The maximum Gasteiger partial charge on any atom is 0.245 e. The Bertz CT molecular complexity index is 1260. The van der Waals surface area contributed by atoms with Crippen LogP contribution in [0.5, 0.6) is 17.2 Å². The Kier molecular flexibility index (Phi) is 7.05. The Labute approximate surface area is 192 Å². The van der Waals surface area contributed by atoms with Gasteiger partial charge in [0.2, 0.25) is 32.7 Å². The number of hydrogen-bond donors (Lipinski definition) is 2. The number of nitrogens with one attached hydrogen (secondary N) is 2. The van der Waals surface area contributed by atoms with Crippen LogP contribution in [0.25, 0.3) is 0 Å². The van der Waals surface area contributed by atoms with Gasteiger partial charge >= 0.3 is 0 Å². The molecule has 13 heteroatoms. The van der Waals surface area contributed by atoms with Crippen LogP contribution in [0.15, 0.2) is 41.3 Å². The fourth-order valence-corrected chi connectivity index (χ4v) is 5.22. The lowest BCUT2D eigenvalue weighted by atomic mass is 10.2. The molecule has 1 heterocycles. The van der Waals surface area contributed by atoms with Gasteiger partial charge in [0.25, 0.3) is 0 Å². The quantitative estimate of drug-likeness (QED) is 0.529. The second kappa shape index (κ2) is 9.45. The van der Waals surface area contributed by atoms with E-state index in [-0.39, 0.29) is 34.9 Å². The molecule has 180 valence electrons. The van der Waals surface area contributed by atoms with Gasteiger partial charge in [0.15, 0.2) is 11.5 Å². The number of benzene rings is 2. The van der Waals surface area contributed by atoms with Gasteiger partial charge in [0.1, 0.15) is 12.3 Å². The van der Waals surface area contributed by atoms with Gasteiger partial charge in [-0.25, -0.2) is 21.6 Å². The number of rotatable bonds is 9. The molecule has 0 atom stereocenters. The van der Waals surface area contributed by atoms with E-state index in [9.17, 15) is 21.6 Å². The molecule has 0 radical (unpaired) electrons. The number of nitrogens with zero attached hydrogens (tertiary/aromatic N) is 1. The van der Waals surface area contributed by atoms with Crippen LogP contribution in [0, 0.1) is 0 Å². The third kappa shape index (κ3) is 5.86. The minimum atomic E-state index is -3.84. The maximum absolute atomic E-state index is 12.8. The van der Waals surface area contributed by atoms with Crippen LogP contribution < -0.4 is 28.6 Å². The number of fused-ring (bicyclic) bond motifs is 1. The summed E-state index contributed by atoms with van der Waals surface area (Å²) in [6.45, 7) is 2.81. The molecule has 0 fully saturated rings. The van der Waals surface area contributed by atoms with Crippen molar-refractivity contribution in [2.24, 2.45) is 0 Å². The highest BCUT2D eigenvalue weighted by molar-refractivity contribution is 7.92. The summed E-state index contributed by atoms with van der Waals surface area (Å²) in [6.07, 6.45) is 0.968. The van der Waals surface area contributed by atoms with E-state index in [4.69, 9.17) is 14.2 Å². The molecule has 0 bridgehead atoms. The number of methoxy groups -OCH3 is 1. The van der Waals surface area contributed by atoms with E-state index < -0.39 is 32.5 Å². The molecule has 0 saturated heterocycles. The molecular weight excluding hydrogens is 474 g/mol. The molecule has 0 aliphatic carbocycles. The highest BCUT2D eigenvalue weighted by atomic mass is 32.2. The van der Waals surface area contributed by atoms with Crippen LogP contribution >= 0.6 is 0 Å². The first kappa shape index (κ1) is 24.6. The number of hydrogen-bond acceptors (Lipinski definition) is 8. The zero-order valence-electron chi connectivity index (χ0n) is 18.5. The largest absolute Gasteiger partial charge is 0.495 e. The van der Waals surface area contributed by atoms with Crippen LogP contribution in [0.2, 0.25) is 0 Å². The topological polar surface area (TPSA) is 140 Å². The molecule has 2 aromatic rings. The van der Waals surface area contributed by atoms with E-state index >= 15 is 0 Å². The summed E-state index contributed by atoms with van der Waals surface area (Å²) in [4.78, 5) is 12.7. The summed E-state index contributed by atoms with van der Waals surface area (Å²) in [7, 11) is -6.31. The van der Waals surface area contributed by atoms with Crippen LogP contribution in [0.3, 0.4) is 0 Å². The van der Waals surface area contributed by atoms with Crippen LogP contribution in [-0.2, 0) is 24.8 Å². The molecule has 0 saturated carbocycles. The zero-order valence-corrected chi connectivity index (χ0v) is 20.1. The lowest BCUT2D eigenvalue weighted by molar-refractivity contribution is -0.114. The molecule has 1 amide bonds. The minimum absolute atomic E-state index is 0.0167. The highest BCUT2D eigenvalue weighted by Gasteiger charge is 2.25. The van der Waals surface area contributed by atoms with Crippen molar-refractivity contribution in [3.63, 3.8) is 0 Å². The van der Waals surface area contributed by atoms with Crippen molar-refractivity contribution in [3.8, 4) is 17.2 Å². The molecule has 0 unspecified atom stereocenters. The van der Waals surface area contributed by atoms with Gasteiger partial charge in [-0.2, -0.15) is 0 Å². The fraction of sp³-hybridized carbons (Fsp3) is 0.350. The van der Waals surface area contributed by atoms with Gasteiger partial charge in [0, 0.05) is 12.1 Å². The van der Waals surface area contributed by atoms with Gasteiger partial charge in [0.05, 0.1) is 29.6 Å². The fourth-order valence-electron chi connectivity index (χ4n) is 3.09. The second-order valence-corrected chi connectivity index (χ2v) is 11.1. The molecule has 2 N–H and O–H groups in total. The van der Waals surface area contributed by atoms with Gasteiger partial charge in [-0.15, -0.1) is 0 Å². The minimum Gasteiger partial charge on any atom is -0.495 e.